The number of halogens is 3. The van der Waals surface area contributed by atoms with Gasteiger partial charge in [0.15, 0.2) is 11.6 Å². The summed E-state index contributed by atoms with van der Waals surface area (Å²) >= 11 is 5.79. The van der Waals surface area contributed by atoms with Gasteiger partial charge in [0.05, 0.1) is 6.42 Å². The summed E-state index contributed by atoms with van der Waals surface area (Å²) < 4.78 is 26.3. The number of amides is 2. The fourth-order valence-electron chi connectivity index (χ4n) is 2.28. The Labute approximate surface area is 149 Å². The molecule has 2 rings (SSSR count). The second-order valence-electron chi connectivity index (χ2n) is 5.42. The summed E-state index contributed by atoms with van der Waals surface area (Å²) in [6.45, 7) is 1.65. The smallest absolute Gasteiger partial charge is 0.224 e. The predicted molar refractivity (Wildman–Crippen MR) is 92.6 cm³/mol. The molecule has 0 fully saturated rings. The van der Waals surface area contributed by atoms with Gasteiger partial charge >= 0.3 is 0 Å². The summed E-state index contributed by atoms with van der Waals surface area (Å²) in [5, 5.41) is 3.28. The third kappa shape index (κ3) is 5.53. The summed E-state index contributed by atoms with van der Waals surface area (Å²) in [6.07, 6.45) is 0.183. The molecule has 2 aromatic carbocycles. The molecule has 0 aliphatic carbocycles. The van der Waals surface area contributed by atoms with E-state index in [2.05, 4.69) is 5.32 Å². The van der Waals surface area contributed by atoms with Gasteiger partial charge in [0.25, 0.3) is 0 Å². The van der Waals surface area contributed by atoms with Crippen molar-refractivity contribution < 1.29 is 18.4 Å². The van der Waals surface area contributed by atoms with Gasteiger partial charge in [-0.25, -0.2) is 8.78 Å². The van der Waals surface area contributed by atoms with Crippen molar-refractivity contribution in [3.05, 3.63) is 64.7 Å². The number of nitrogens with one attached hydrogen (secondary N) is 1. The van der Waals surface area contributed by atoms with Crippen LogP contribution in [0.2, 0.25) is 5.02 Å². The Bertz CT molecular complexity index is 766. The third-order valence-electron chi connectivity index (χ3n) is 3.53. The fourth-order valence-corrected chi connectivity index (χ4v) is 2.40. The van der Waals surface area contributed by atoms with Gasteiger partial charge < -0.3 is 10.2 Å². The normalized spacial score (nSPS) is 10.4. The molecule has 0 atom stereocenters. The molecule has 0 unspecified atom stereocenters. The second-order valence-corrected chi connectivity index (χ2v) is 5.86. The van der Waals surface area contributed by atoms with E-state index in [1.165, 1.54) is 17.9 Å². The van der Waals surface area contributed by atoms with Crippen LogP contribution in [0.3, 0.4) is 0 Å². The van der Waals surface area contributed by atoms with Crippen LogP contribution in [0.5, 0.6) is 0 Å². The monoisotopic (exact) mass is 366 g/mol. The molecule has 0 heterocycles. The molecule has 0 spiro atoms. The van der Waals surface area contributed by atoms with E-state index in [4.69, 9.17) is 11.6 Å². The van der Waals surface area contributed by atoms with Crippen molar-refractivity contribution in [3.8, 4) is 0 Å². The van der Waals surface area contributed by atoms with E-state index < -0.39 is 11.6 Å². The average molecular weight is 367 g/mol. The molecule has 0 aliphatic rings. The molecule has 1 N–H and O–H groups in total. The Morgan fingerprint density at radius 1 is 1.08 bits per heavy atom. The Hall–Kier alpha value is -2.47. The lowest BCUT2D eigenvalue weighted by molar-refractivity contribution is -0.121. The van der Waals surface area contributed by atoms with Crippen molar-refractivity contribution in [1.29, 1.82) is 0 Å². The van der Waals surface area contributed by atoms with Gasteiger partial charge in [0.2, 0.25) is 11.8 Å². The van der Waals surface area contributed by atoms with Gasteiger partial charge in [0, 0.05) is 36.8 Å². The Morgan fingerprint density at radius 2 is 1.76 bits per heavy atom. The van der Waals surface area contributed by atoms with Crippen LogP contribution in [0.1, 0.15) is 12.5 Å². The van der Waals surface area contributed by atoms with Crippen molar-refractivity contribution in [2.24, 2.45) is 0 Å². The molecular weight excluding hydrogens is 350 g/mol. The van der Waals surface area contributed by atoms with Gasteiger partial charge in [-0.1, -0.05) is 23.7 Å². The highest BCUT2D eigenvalue weighted by Gasteiger charge is 2.14. The number of carbonyl (C=O) groups excluding carboxylic acids is 2. The first-order chi connectivity index (χ1) is 11.9. The minimum absolute atomic E-state index is 0.146. The Morgan fingerprint density at radius 3 is 2.36 bits per heavy atom. The van der Waals surface area contributed by atoms with E-state index in [0.29, 0.717) is 5.02 Å². The summed E-state index contributed by atoms with van der Waals surface area (Å²) in [5.41, 5.74) is 1.05. The molecule has 0 bridgehead atoms. The highest BCUT2D eigenvalue weighted by atomic mass is 35.5. The zero-order valence-electron chi connectivity index (χ0n) is 13.6. The van der Waals surface area contributed by atoms with Crippen LogP contribution in [0.25, 0.3) is 0 Å². The molecular formula is C18H17ClF2N2O2. The van der Waals surface area contributed by atoms with Crippen LogP contribution in [0.4, 0.5) is 14.5 Å². The maximum absolute atomic E-state index is 13.3. The summed E-state index contributed by atoms with van der Waals surface area (Å²) in [6, 6.07) is 10.1. The Balaban J connectivity index is 1.90. The molecule has 25 heavy (non-hydrogen) atoms. The zero-order chi connectivity index (χ0) is 18.4. The molecule has 0 aliphatic heterocycles. The molecule has 7 heteroatoms. The van der Waals surface area contributed by atoms with Crippen LogP contribution in [-0.4, -0.2) is 24.9 Å². The fraction of sp³-hybridized carbons (Fsp3) is 0.222. The standard InChI is InChI=1S/C18H17ClF2N2O2/c1-12(24)23(15-6-7-16(20)17(21)11-15)9-8-22-18(25)10-13-2-4-14(19)5-3-13/h2-7,11H,8-10H2,1H3,(H,22,25). The number of hydrogen-bond acceptors (Lipinski definition) is 2. The lowest BCUT2D eigenvalue weighted by Gasteiger charge is -2.21. The van der Waals surface area contributed by atoms with E-state index in [1.54, 1.807) is 24.3 Å². The maximum Gasteiger partial charge on any atom is 0.224 e. The molecule has 0 saturated carbocycles. The van der Waals surface area contributed by atoms with Gasteiger partial charge in [-0.05, 0) is 29.8 Å². The first-order valence-electron chi connectivity index (χ1n) is 7.61. The minimum atomic E-state index is -1.03. The van der Waals surface area contributed by atoms with Crippen LogP contribution in [0.15, 0.2) is 42.5 Å². The highest BCUT2D eigenvalue weighted by Crippen LogP contribution is 2.18. The first kappa shape index (κ1) is 18.9. The molecule has 4 nitrogen and oxygen atoms in total. The van der Waals surface area contributed by atoms with Gasteiger partial charge in [-0.2, -0.15) is 0 Å². The zero-order valence-corrected chi connectivity index (χ0v) is 14.3. The van der Waals surface area contributed by atoms with Crippen molar-refractivity contribution in [2.45, 2.75) is 13.3 Å². The highest BCUT2D eigenvalue weighted by molar-refractivity contribution is 6.30. The lowest BCUT2D eigenvalue weighted by atomic mass is 10.1. The van der Waals surface area contributed by atoms with Crippen LogP contribution in [0, 0.1) is 11.6 Å². The summed E-state index contributed by atoms with van der Waals surface area (Å²) in [4.78, 5) is 24.9. The van der Waals surface area contributed by atoms with Crippen LogP contribution < -0.4 is 10.2 Å². The number of rotatable bonds is 6. The largest absolute Gasteiger partial charge is 0.354 e. The van der Waals surface area contributed by atoms with E-state index in [0.717, 1.165) is 17.7 Å². The van der Waals surface area contributed by atoms with Gasteiger partial charge in [-0.3, -0.25) is 9.59 Å². The van der Waals surface area contributed by atoms with E-state index >= 15 is 0 Å². The maximum atomic E-state index is 13.3. The topological polar surface area (TPSA) is 49.4 Å². The minimum Gasteiger partial charge on any atom is -0.354 e. The van der Waals surface area contributed by atoms with Crippen molar-refractivity contribution in [1.82, 2.24) is 5.32 Å². The molecule has 2 aromatic rings. The molecule has 132 valence electrons. The van der Waals surface area contributed by atoms with E-state index in [9.17, 15) is 18.4 Å². The molecule has 2 amide bonds. The molecule has 0 radical (unpaired) electrons. The van der Waals surface area contributed by atoms with E-state index in [-0.39, 0.29) is 37.0 Å². The van der Waals surface area contributed by atoms with Gasteiger partial charge in [-0.15, -0.1) is 0 Å². The third-order valence-corrected chi connectivity index (χ3v) is 3.78. The first-order valence-corrected chi connectivity index (χ1v) is 7.99. The van der Waals surface area contributed by atoms with Crippen LogP contribution >= 0.6 is 11.6 Å². The second kappa shape index (κ2) is 8.58. The van der Waals surface area contributed by atoms with Crippen LogP contribution in [-0.2, 0) is 16.0 Å². The van der Waals surface area contributed by atoms with E-state index in [1.807, 2.05) is 0 Å². The van der Waals surface area contributed by atoms with Crippen molar-refractivity contribution in [2.75, 3.05) is 18.0 Å². The SMILES string of the molecule is CC(=O)N(CCNC(=O)Cc1ccc(Cl)cc1)c1ccc(F)c(F)c1. The summed E-state index contributed by atoms with van der Waals surface area (Å²) in [7, 11) is 0. The van der Waals surface area contributed by atoms with Crippen molar-refractivity contribution in [3.63, 3.8) is 0 Å². The molecule has 0 saturated heterocycles. The number of hydrogen-bond donors (Lipinski definition) is 1. The van der Waals surface area contributed by atoms with Crippen molar-refractivity contribution >= 4 is 29.1 Å². The number of nitrogens with zero attached hydrogens (tertiary/aromatic N) is 1. The predicted octanol–water partition coefficient (Wildman–Crippen LogP) is 3.33. The van der Waals surface area contributed by atoms with Gasteiger partial charge in [0.1, 0.15) is 0 Å². The number of benzene rings is 2. The lowest BCUT2D eigenvalue weighted by Crippen LogP contribution is -2.38. The number of carbonyl (C=O) groups is 2. The molecule has 0 aromatic heterocycles. The Kier molecular flexibility index (Phi) is 6.47. The number of anilines is 1. The summed E-state index contributed by atoms with van der Waals surface area (Å²) in [5.74, 6) is -2.56. The average Bonchev–Trinajstić information content (AvgIpc) is 2.56. The quantitative estimate of drug-likeness (QED) is 0.852.